The van der Waals surface area contributed by atoms with Crippen LogP contribution in [-0.4, -0.2) is 34.7 Å². The molecule has 0 radical (unpaired) electrons. The minimum atomic E-state index is -0.936. The van der Waals surface area contributed by atoms with Gasteiger partial charge in [0.15, 0.2) is 0 Å². The molecule has 1 saturated carbocycles. The minimum Gasteiger partial charge on any atom is -0.480 e. The van der Waals surface area contributed by atoms with Crippen LogP contribution >= 0.6 is 0 Å². The number of carbonyl (C=O) groups is 2. The van der Waals surface area contributed by atoms with Gasteiger partial charge in [0.25, 0.3) is 0 Å². The van der Waals surface area contributed by atoms with E-state index in [-0.39, 0.29) is 5.69 Å². The Labute approximate surface area is 110 Å². The lowest BCUT2D eigenvalue weighted by molar-refractivity contribution is -0.142. The van der Waals surface area contributed by atoms with Crippen molar-refractivity contribution in [3.63, 3.8) is 0 Å². The number of pyridine rings is 1. The maximum Gasteiger partial charge on any atom is 0.356 e. The van der Waals surface area contributed by atoms with Gasteiger partial charge in [0.2, 0.25) is 0 Å². The van der Waals surface area contributed by atoms with Gasteiger partial charge in [0.1, 0.15) is 11.2 Å². The number of nitrogens with zero attached hydrogens (tertiary/aromatic N) is 1. The normalized spacial score (nSPS) is 16.9. The molecule has 102 valence electrons. The Morgan fingerprint density at radius 1 is 1.42 bits per heavy atom. The number of methoxy groups -OCH3 is 1. The smallest absolute Gasteiger partial charge is 0.356 e. The molecule has 0 atom stereocenters. The van der Waals surface area contributed by atoms with E-state index in [0.29, 0.717) is 18.5 Å². The van der Waals surface area contributed by atoms with Gasteiger partial charge in [-0.3, -0.25) is 0 Å². The summed E-state index contributed by atoms with van der Waals surface area (Å²) >= 11 is 0. The van der Waals surface area contributed by atoms with Crippen molar-refractivity contribution in [2.75, 3.05) is 12.4 Å². The SMILES string of the molecule is COC(=O)c1cc(NC2(C(=O)O)CCCC2)ccn1. The third kappa shape index (κ3) is 2.67. The molecule has 1 aliphatic rings. The summed E-state index contributed by atoms with van der Waals surface area (Å²) in [7, 11) is 1.28. The molecule has 0 aromatic carbocycles. The summed E-state index contributed by atoms with van der Waals surface area (Å²) in [6.45, 7) is 0. The van der Waals surface area contributed by atoms with Crippen molar-refractivity contribution in [3.8, 4) is 0 Å². The first kappa shape index (κ1) is 13.3. The number of aliphatic carboxylic acids is 1. The fraction of sp³-hybridized carbons (Fsp3) is 0.462. The van der Waals surface area contributed by atoms with E-state index in [0.717, 1.165) is 12.8 Å². The molecular weight excluding hydrogens is 248 g/mol. The molecule has 2 N–H and O–H groups in total. The van der Waals surface area contributed by atoms with Crippen LogP contribution in [0.4, 0.5) is 5.69 Å². The number of ether oxygens (including phenoxy) is 1. The van der Waals surface area contributed by atoms with E-state index < -0.39 is 17.5 Å². The van der Waals surface area contributed by atoms with Crippen LogP contribution in [0.15, 0.2) is 18.3 Å². The van der Waals surface area contributed by atoms with Gasteiger partial charge in [-0.25, -0.2) is 14.6 Å². The molecule has 2 rings (SSSR count). The molecule has 0 saturated heterocycles. The Morgan fingerprint density at radius 3 is 2.68 bits per heavy atom. The van der Waals surface area contributed by atoms with Gasteiger partial charge < -0.3 is 15.2 Å². The van der Waals surface area contributed by atoms with Crippen LogP contribution in [0, 0.1) is 0 Å². The predicted octanol–water partition coefficient (Wildman–Crippen LogP) is 1.68. The highest BCUT2D eigenvalue weighted by Crippen LogP contribution is 2.33. The fourth-order valence-corrected chi connectivity index (χ4v) is 2.37. The molecule has 1 fully saturated rings. The highest BCUT2D eigenvalue weighted by molar-refractivity contribution is 5.89. The van der Waals surface area contributed by atoms with Crippen molar-refractivity contribution in [1.29, 1.82) is 0 Å². The number of esters is 1. The molecule has 19 heavy (non-hydrogen) atoms. The first-order valence-electron chi connectivity index (χ1n) is 6.13. The zero-order chi connectivity index (χ0) is 13.9. The molecule has 0 spiro atoms. The number of rotatable bonds is 4. The molecule has 1 aliphatic carbocycles. The van der Waals surface area contributed by atoms with Gasteiger partial charge in [-0.15, -0.1) is 0 Å². The average Bonchev–Trinajstić information content (AvgIpc) is 2.88. The van der Waals surface area contributed by atoms with Gasteiger partial charge in [-0.2, -0.15) is 0 Å². The lowest BCUT2D eigenvalue weighted by Crippen LogP contribution is -2.43. The van der Waals surface area contributed by atoms with Gasteiger partial charge in [-0.1, -0.05) is 12.8 Å². The van der Waals surface area contributed by atoms with E-state index in [1.807, 2.05) is 0 Å². The first-order chi connectivity index (χ1) is 9.07. The highest BCUT2D eigenvalue weighted by Gasteiger charge is 2.41. The second-order valence-electron chi connectivity index (χ2n) is 4.64. The lowest BCUT2D eigenvalue weighted by Gasteiger charge is -2.26. The second-order valence-corrected chi connectivity index (χ2v) is 4.64. The van der Waals surface area contributed by atoms with Gasteiger partial charge >= 0.3 is 11.9 Å². The second kappa shape index (κ2) is 5.26. The van der Waals surface area contributed by atoms with Crippen LogP contribution in [-0.2, 0) is 9.53 Å². The van der Waals surface area contributed by atoms with Crippen molar-refractivity contribution in [2.45, 2.75) is 31.2 Å². The van der Waals surface area contributed by atoms with Crippen LogP contribution in [0.1, 0.15) is 36.2 Å². The van der Waals surface area contributed by atoms with Crippen molar-refractivity contribution < 1.29 is 19.4 Å². The number of carboxylic acids is 1. The number of hydrogen-bond donors (Lipinski definition) is 2. The fourth-order valence-electron chi connectivity index (χ4n) is 2.37. The first-order valence-corrected chi connectivity index (χ1v) is 6.13. The third-order valence-electron chi connectivity index (χ3n) is 3.40. The molecule has 1 aromatic heterocycles. The topological polar surface area (TPSA) is 88.5 Å². The summed E-state index contributed by atoms with van der Waals surface area (Å²) in [6, 6.07) is 3.16. The summed E-state index contributed by atoms with van der Waals surface area (Å²) in [4.78, 5) is 26.7. The van der Waals surface area contributed by atoms with Crippen molar-refractivity contribution in [2.24, 2.45) is 0 Å². The van der Waals surface area contributed by atoms with Crippen molar-refractivity contribution in [1.82, 2.24) is 4.98 Å². The third-order valence-corrected chi connectivity index (χ3v) is 3.40. The van der Waals surface area contributed by atoms with Gasteiger partial charge in [0, 0.05) is 11.9 Å². The maximum absolute atomic E-state index is 11.4. The number of carboxylic acid groups (broad SMARTS) is 1. The van der Waals surface area contributed by atoms with Crippen molar-refractivity contribution in [3.05, 3.63) is 24.0 Å². The van der Waals surface area contributed by atoms with E-state index in [4.69, 9.17) is 0 Å². The van der Waals surface area contributed by atoms with Crippen LogP contribution in [0.25, 0.3) is 0 Å². The zero-order valence-electron chi connectivity index (χ0n) is 10.7. The standard InChI is InChI=1S/C13H16N2O4/c1-19-11(16)10-8-9(4-7-14-10)15-13(12(17)18)5-2-3-6-13/h4,7-8H,2-3,5-6H2,1H3,(H,14,15)(H,17,18). The minimum absolute atomic E-state index is 0.158. The monoisotopic (exact) mass is 264 g/mol. The number of hydrogen-bond acceptors (Lipinski definition) is 5. The summed E-state index contributed by atoms with van der Waals surface area (Å²) in [5.41, 5.74) is -0.208. The zero-order valence-corrected chi connectivity index (χ0v) is 10.7. The van der Waals surface area contributed by atoms with E-state index >= 15 is 0 Å². The Morgan fingerprint density at radius 2 is 2.11 bits per heavy atom. The van der Waals surface area contributed by atoms with Crippen LogP contribution < -0.4 is 5.32 Å². The van der Waals surface area contributed by atoms with E-state index in [1.54, 1.807) is 6.07 Å². The van der Waals surface area contributed by atoms with E-state index in [2.05, 4.69) is 15.0 Å². The summed E-state index contributed by atoms with van der Waals surface area (Å²) < 4.78 is 4.59. The van der Waals surface area contributed by atoms with Crippen molar-refractivity contribution >= 4 is 17.6 Å². The van der Waals surface area contributed by atoms with E-state index in [1.165, 1.54) is 19.4 Å². The average molecular weight is 264 g/mol. The van der Waals surface area contributed by atoms with Gasteiger partial charge in [0.05, 0.1) is 7.11 Å². The maximum atomic E-state index is 11.4. The number of anilines is 1. The molecule has 1 aromatic rings. The Hall–Kier alpha value is -2.11. The predicted molar refractivity (Wildman–Crippen MR) is 68.0 cm³/mol. The summed E-state index contributed by atoms with van der Waals surface area (Å²) in [5, 5.41) is 12.4. The highest BCUT2D eigenvalue weighted by atomic mass is 16.5. The largest absolute Gasteiger partial charge is 0.480 e. The van der Waals surface area contributed by atoms with E-state index in [9.17, 15) is 14.7 Å². The Kier molecular flexibility index (Phi) is 3.69. The molecule has 0 amide bonds. The van der Waals surface area contributed by atoms with Crippen LogP contribution in [0.5, 0.6) is 0 Å². The summed E-state index contributed by atoms with van der Waals surface area (Å²) in [6.07, 6.45) is 4.39. The molecule has 0 unspecified atom stereocenters. The Balaban J connectivity index is 2.23. The van der Waals surface area contributed by atoms with Crippen LogP contribution in [0.3, 0.4) is 0 Å². The molecule has 6 heteroatoms. The molecule has 0 aliphatic heterocycles. The molecule has 1 heterocycles. The van der Waals surface area contributed by atoms with Gasteiger partial charge in [-0.05, 0) is 25.0 Å². The lowest BCUT2D eigenvalue weighted by atomic mass is 9.97. The molecular formula is C13H16N2O4. The molecule has 6 nitrogen and oxygen atoms in total. The Bertz CT molecular complexity index is 495. The molecule has 0 bridgehead atoms. The quantitative estimate of drug-likeness (QED) is 0.804. The summed E-state index contributed by atoms with van der Waals surface area (Å²) in [5.74, 6) is -1.40. The van der Waals surface area contributed by atoms with Crippen LogP contribution in [0.2, 0.25) is 0 Å². The number of aromatic nitrogens is 1. The number of carbonyl (C=O) groups excluding carboxylic acids is 1. The number of nitrogens with one attached hydrogen (secondary N) is 1.